The number of imidazole rings is 1. The number of hydrogen-bond donors (Lipinski definition) is 0. The number of halogens is 3. The van der Waals surface area contributed by atoms with Crippen molar-refractivity contribution in [1.29, 1.82) is 0 Å². The number of carbonyl (C=O) groups is 1. The van der Waals surface area contributed by atoms with Gasteiger partial charge in [-0.2, -0.15) is 13.2 Å². The van der Waals surface area contributed by atoms with Gasteiger partial charge in [-0.05, 0) is 12.1 Å². The maximum absolute atomic E-state index is 12.5. The van der Waals surface area contributed by atoms with E-state index in [2.05, 4.69) is 4.98 Å². The molecule has 0 atom stereocenters. The zero-order chi connectivity index (χ0) is 18.0. The minimum Gasteiger partial charge on any atom is -0.336 e. The minimum absolute atomic E-state index is 0.155. The third kappa shape index (κ3) is 4.19. The molecule has 3 rings (SSSR count). The molecule has 0 radical (unpaired) electrons. The van der Waals surface area contributed by atoms with Gasteiger partial charge in [0.15, 0.2) is 0 Å². The van der Waals surface area contributed by atoms with Gasteiger partial charge < -0.3 is 9.47 Å². The molecule has 8 heteroatoms. The maximum atomic E-state index is 12.5. The molecule has 1 aromatic heterocycles. The molecule has 0 unspecified atom stereocenters. The van der Waals surface area contributed by atoms with Crippen molar-refractivity contribution in [1.82, 2.24) is 19.4 Å². The summed E-state index contributed by atoms with van der Waals surface area (Å²) in [6.07, 6.45) is -0.656. The molecule has 1 aliphatic heterocycles. The number of nitrogens with zero attached hydrogens (tertiary/aromatic N) is 4. The first kappa shape index (κ1) is 17.5. The van der Waals surface area contributed by atoms with Crippen LogP contribution in [-0.4, -0.2) is 64.2 Å². The number of carbonyl (C=O) groups excluding carboxylic acids is 1. The molecule has 25 heavy (non-hydrogen) atoms. The topological polar surface area (TPSA) is 41.4 Å². The molecule has 0 N–H and O–H groups in total. The molecule has 5 nitrogen and oxygen atoms in total. The summed E-state index contributed by atoms with van der Waals surface area (Å²) in [7, 11) is 1.89. The predicted octanol–water partition coefficient (Wildman–Crippen LogP) is 2.41. The normalized spacial score (nSPS) is 16.2. The molecular weight excluding hydrogens is 333 g/mol. The monoisotopic (exact) mass is 352 g/mol. The number of benzene rings is 1. The first-order valence-electron chi connectivity index (χ1n) is 7.99. The maximum Gasteiger partial charge on any atom is 0.401 e. The molecule has 134 valence electrons. The van der Waals surface area contributed by atoms with Gasteiger partial charge in [-0.1, -0.05) is 12.1 Å². The van der Waals surface area contributed by atoms with Gasteiger partial charge in [0.25, 0.3) is 5.91 Å². The van der Waals surface area contributed by atoms with Gasteiger partial charge in [0, 0.05) is 56.7 Å². The van der Waals surface area contributed by atoms with Crippen molar-refractivity contribution in [3.63, 3.8) is 0 Å². The van der Waals surface area contributed by atoms with Crippen molar-refractivity contribution in [2.24, 2.45) is 7.05 Å². The fourth-order valence-electron chi connectivity index (χ4n) is 2.95. The second kappa shape index (κ2) is 6.87. The third-order valence-electron chi connectivity index (χ3n) is 4.27. The largest absolute Gasteiger partial charge is 0.401 e. The highest BCUT2D eigenvalue weighted by atomic mass is 19.4. The Kier molecular flexibility index (Phi) is 4.80. The average molecular weight is 352 g/mol. The van der Waals surface area contributed by atoms with Crippen LogP contribution in [0.5, 0.6) is 0 Å². The lowest BCUT2D eigenvalue weighted by molar-refractivity contribution is -0.148. The van der Waals surface area contributed by atoms with E-state index in [1.807, 2.05) is 29.9 Å². The second-order valence-electron chi connectivity index (χ2n) is 6.12. The van der Waals surface area contributed by atoms with Crippen LogP contribution in [0.15, 0.2) is 36.7 Å². The van der Waals surface area contributed by atoms with Crippen LogP contribution in [0.3, 0.4) is 0 Å². The third-order valence-corrected chi connectivity index (χ3v) is 4.27. The number of rotatable bonds is 3. The summed E-state index contributed by atoms with van der Waals surface area (Å²) >= 11 is 0. The SMILES string of the molecule is Cn1ccnc1-c1ccc(C(=O)N2CCN(CC(F)(F)F)CC2)cc1. The zero-order valence-electron chi connectivity index (χ0n) is 13.8. The molecule has 2 heterocycles. The van der Waals surface area contributed by atoms with Crippen molar-refractivity contribution in [3.8, 4) is 11.4 Å². The van der Waals surface area contributed by atoms with E-state index in [1.54, 1.807) is 23.2 Å². The van der Waals surface area contributed by atoms with E-state index in [0.717, 1.165) is 11.4 Å². The molecule has 1 aliphatic rings. The number of piperazine rings is 1. The lowest BCUT2D eigenvalue weighted by Crippen LogP contribution is -2.50. The van der Waals surface area contributed by atoms with E-state index >= 15 is 0 Å². The van der Waals surface area contributed by atoms with Crippen LogP contribution >= 0.6 is 0 Å². The molecule has 1 amide bonds. The van der Waals surface area contributed by atoms with Gasteiger partial charge in [-0.15, -0.1) is 0 Å². The number of alkyl halides is 3. The molecule has 0 saturated carbocycles. The van der Waals surface area contributed by atoms with E-state index in [0.29, 0.717) is 18.7 Å². The Labute approximate surface area is 143 Å². The highest BCUT2D eigenvalue weighted by Crippen LogP contribution is 2.20. The molecule has 0 aliphatic carbocycles. The Bertz CT molecular complexity index is 731. The number of amides is 1. The van der Waals surface area contributed by atoms with Crippen LogP contribution in [0.4, 0.5) is 13.2 Å². The Morgan fingerprint density at radius 1 is 1.12 bits per heavy atom. The highest BCUT2D eigenvalue weighted by molar-refractivity contribution is 5.94. The fourth-order valence-corrected chi connectivity index (χ4v) is 2.95. The molecule has 1 saturated heterocycles. The lowest BCUT2D eigenvalue weighted by Gasteiger charge is -2.35. The summed E-state index contributed by atoms with van der Waals surface area (Å²) in [4.78, 5) is 19.7. The standard InChI is InChI=1S/C17H19F3N4O/c1-22-7-6-21-15(22)13-2-4-14(5-3-13)16(25)24-10-8-23(9-11-24)12-17(18,19)20/h2-7H,8-12H2,1H3. The molecule has 2 aromatic rings. The first-order valence-corrected chi connectivity index (χ1v) is 7.99. The summed E-state index contributed by atoms with van der Waals surface area (Å²) in [6.45, 7) is 0.145. The van der Waals surface area contributed by atoms with Gasteiger partial charge in [0.1, 0.15) is 5.82 Å². The molecule has 1 fully saturated rings. The van der Waals surface area contributed by atoms with Gasteiger partial charge in [-0.3, -0.25) is 9.69 Å². The summed E-state index contributed by atoms with van der Waals surface area (Å²) in [6, 6.07) is 7.12. The van der Waals surface area contributed by atoms with Crippen molar-refractivity contribution in [2.45, 2.75) is 6.18 Å². The van der Waals surface area contributed by atoms with Gasteiger partial charge >= 0.3 is 6.18 Å². The summed E-state index contributed by atoms with van der Waals surface area (Å²) < 4.78 is 39.1. The molecule has 1 aromatic carbocycles. The Balaban J connectivity index is 1.61. The van der Waals surface area contributed by atoms with E-state index in [1.165, 1.54) is 4.90 Å². The van der Waals surface area contributed by atoms with Crippen molar-refractivity contribution < 1.29 is 18.0 Å². The quantitative estimate of drug-likeness (QED) is 0.852. The zero-order valence-corrected chi connectivity index (χ0v) is 13.8. The predicted molar refractivity (Wildman–Crippen MR) is 87.0 cm³/mol. The number of hydrogen-bond acceptors (Lipinski definition) is 3. The van der Waals surface area contributed by atoms with Crippen LogP contribution < -0.4 is 0 Å². The Morgan fingerprint density at radius 2 is 1.76 bits per heavy atom. The smallest absolute Gasteiger partial charge is 0.336 e. The highest BCUT2D eigenvalue weighted by Gasteiger charge is 2.32. The van der Waals surface area contributed by atoms with Gasteiger partial charge in [0.05, 0.1) is 6.54 Å². The Morgan fingerprint density at radius 3 is 2.28 bits per heavy atom. The van der Waals surface area contributed by atoms with Crippen LogP contribution in [0, 0.1) is 0 Å². The van der Waals surface area contributed by atoms with Crippen LogP contribution in [0.25, 0.3) is 11.4 Å². The van der Waals surface area contributed by atoms with Crippen LogP contribution in [0.2, 0.25) is 0 Å². The van der Waals surface area contributed by atoms with Gasteiger partial charge in [-0.25, -0.2) is 4.98 Å². The number of aromatic nitrogens is 2. The number of aryl methyl sites for hydroxylation is 1. The van der Waals surface area contributed by atoms with Gasteiger partial charge in [0.2, 0.25) is 0 Å². The average Bonchev–Trinajstić information content (AvgIpc) is 3.00. The van der Waals surface area contributed by atoms with E-state index in [4.69, 9.17) is 0 Å². The lowest BCUT2D eigenvalue weighted by atomic mass is 10.1. The first-order chi connectivity index (χ1) is 11.8. The Hall–Kier alpha value is -2.35. The van der Waals surface area contributed by atoms with Crippen molar-refractivity contribution in [3.05, 3.63) is 42.2 Å². The molecular formula is C17H19F3N4O. The van der Waals surface area contributed by atoms with Crippen molar-refractivity contribution >= 4 is 5.91 Å². The van der Waals surface area contributed by atoms with Crippen molar-refractivity contribution in [2.75, 3.05) is 32.7 Å². The summed E-state index contributed by atoms with van der Waals surface area (Å²) in [5.41, 5.74) is 1.43. The molecule has 0 bridgehead atoms. The summed E-state index contributed by atoms with van der Waals surface area (Å²) in [5, 5.41) is 0. The second-order valence-corrected chi connectivity index (χ2v) is 6.12. The van der Waals surface area contributed by atoms with Crippen LogP contribution in [0.1, 0.15) is 10.4 Å². The van der Waals surface area contributed by atoms with Crippen LogP contribution in [-0.2, 0) is 7.05 Å². The summed E-state index contributed by atoms with van der Waals surface area (Å²) in [5.74, 6) is 0.651. The minimum atomic E-state index is -4.20. The van der Waals surface area contributed by atoms with E-state index in [-0.39, 0.29) is 19.0 Å². The van der Waals surface area contributed by atoms with E-state index in [9.17, 15) is 18.0 Å². The molecule has 0 spiro atoms. The van der Waals surface area contributed by atoms with E-state index < -0.39 is 12.7 Å². The fraction of sp³-hybridized carbons (Fsp3) is 0.412.